The van der Waals surface area contributed by atoms with Crippen LogP contribution in [0, 0.1) is 5.92 Å². The monoisotopic (exact) mass is 393 g/mol. The number of hydrogen-bond donors (Lipinski definition) is 0. The summed E-state index contributed by atoms with van der Waals surface area (Å²) in [6, 6.07) is 7.54. The van der Waals surface area contributed by atoms with Crippen LogP contribution in [-0.4, -0.2) is 60.2 Å². The number of rotatable bonds is 2. The molecule has 0 saturated carbocycles. The molecule has 0 aromatic heterocycles. The second-order valence-corrected chi connectivity index (χ2v) is 7.13. The fraction of sp³-hybridized carbons (Fsp3) is 0.471. The first-order valence-electron chi connectivity index (χ1n) is 8.06. The molecule has 1 aromatic rings. The average Bonchev–Trinajstić information content (AvgIpc) is 2.96. The SMILES string of the molecule is CC(=O)N1CCN(C(=O)C2CC(=O)N(c3cccc(Br)c3)C2)CC1. The van der Waals surface area contributed by atoms with E-state index < -0.39 is 0 Å². The lowest BCUT2D eigenvalue weighted by Gasteiger charge is -2.35. The molecule has 0 spiro atoms. The van der Waals surface area contributed by atoms with E-state index in [1.54, 1.807) is 21.6 Å². The summed E-state index contributed by atoms with van der Waals surface area (Å²) < 4.78 is 0.905. The van der Waals surface area contributed by atoms with Gasteiger partial charge in [-0.25, -0.2) is 0 Å². The highest BCUT2D eigenvalue weighted by molar-refractivity contribution is 9.10. The Morgan fingerprint density at radius 2 is 1.79 bits per heavy atom. The molecule has 2 aliphatic rings. The Morgan fingerprint density at radius 3 is 2.42 bits per heavy atom. The maximum atomic E-state index is 12.7. The maximum Gasteiger partial charge on any atom is 0.228 e. The molecule has 2 saturated heterocycles. The van der Waals surface area contributed by atoms with E-state index >= 15 is 0 Å². The second-order valence-electron chi connectivity index (χ2n) is 6.22. The molecule has 7 heteroatoms. The predicted octanol–water partition coefficient (Wildman–Crippen LogP) is 1.49. The van der Waals surface area contributed by atoms with E-state index in [2.05, 4.69) is 15.9 Å². The van der Waals surface area contributed by atoms with Crippen LogP contribution in [0.25, 0.3) is 0 Å². The van der Waals surface area contributed by atoms with Gasteiger partial charge in [0, 0.05) is 56.2 Å². The first-order valence-corrected chi connectivity index (χ1v) is 8.85. The number of nitrogens with zero attached hydrogens (tertiary/aromatic N) is 3. The zero-order valence-corrected chi connectivity index (χ0v) is 15.2. The van der Waals surface area contributed by atoms with Crippen LogP contribution in [0.5, 0.6) is 0 Å². The van der Waals surface area contributed by atoms with Gasteiger partial charge in [0.2, 0.25) is 17.7 Å². The normalized spacial score (nSPS) is 21.3. The minimum atomic E-state index is -0.305. The fourth-order valence-electron chi connectivity index (χ4n) is 3.27. The van der Waals surface area contributed by atoms with E-state index in [0.717, 1.165) is 10.2 Å². The molecule has 2 fully saturated rings. The summed E-state index contributed by atoms with van der Waals surface area (Å²) >= 11 is 3.41. The highest BCUT2D eigenvalue weighted by atomic mass is 79.9. The highest BCUT2D eigenvalue weighted by Crippen LogP contribution is 2.28. The molecule has 3 rings (SSSR count). The van der Waals surface area contributed by atoms with Crippen LogP contribution < -0.4 is 4.90 Å². The van der Waals surface area contributed by atoms with Crippen molar-refractivity contribution in [2.75, 3.05) is 37.6 Å². The standard InChI is InChI=1S/C17H20BrN3O3/c1-12(22)19-5-7-20(8-6-19)17(24)13-9-16(23)21(11-13)15-4-2-3-14(18)10-15/h2-4,10,13H,5-9,11H2,1H3. The number of amides is 3. The summed E-state index contributed by atoms with van der Waals surface area (Å²) in [7, 11) is 0. The molecule has 3 amide bonds. The quantitative estimate of drug-likeness (QED) is 0.764. The molecule has 2 heterocycles. The van der Waals surface area contributed by atoms with E-state index in [4.69, 9.17) is 0 Å². The van der Waals surface area contributed by atoms with Gasteiger partial charge in [-0.2, -0.15) is 0 Å². The minimum absolute atomic E-state index is 0.0176. The molecule has 24 heavy (non-hydrogen) atoms. The lowest BCUT2D eigenvalue weighted by molar-refractivity contribution is -0.141. The van der Waals surface area contributed by atoms with Gasteiger partial charge in [-0.15, -0.1) is 0 Å². The fourth-order valence-corrected chi connectivity index (χ4v) is 3.65. The number of anilines is 1. The van der Waals surface area contributed by atoms with Gasteiger partial charge in [0.1, 0.15) is 0 Å². The maximum absolute atomic E-state index is 12.7. The molecule has 1 atom stereocenters. The average molecular weight is 394 g/mol. The number of piperazine rings is 1. The van der Waals surface area contributed by atoms with Crippen molar-refractivity contribution >= 4 is 39.3 Å². The molecule has 0 radical (unpaired) electrons. The number of hydrogen-bond acceptors (Lipinski definition) is 3. The molecular formula is C17H20BrN3O3. The first-order chi connectivity index (χ1) is 11.5. The zero-order chi connectivity index (χ0) is 17.3. The number of benzene rings is 1. The van der Waals surface area contributed by atoms with Crippen LogP contribution in [0.15, 0.2) is 28.7 Å². The number of carbonyl (C=O) groups is 3. The third kappa shape index (κ3) is 3.45. The molecule has 128 valence electrons. The van der Waals surface area contributed by atoms with Gasteiger partial charge in [-0.3, -0.25) is 14.4 Å². The summed E-state index contributed by atoms with van der Waals surface area (Å²) in [5.74, 6) is -0.266. The van der Waals surface area contributed by atoms with E-state index in [1.165, 1.54) is 0 Å². The van der Waals surface area contributed by atoms with Crippen molar-refractivity contribution < 1.29 is 14.4 Å². The van der Waals surface area contributed by atoms with Crippen molar-refractivity contribution in [3.8, 4) is 0 Å². The smallest absolute Gasteiger partial charge is 0.228 e. The molecule has 1 unspecified atom stereocenters. The van der Waals surface area contributed by atoms with Crippen LogP contribution >= 0.6 is 15.9 Å². The van der Waals surface area contributed by atoms with E-state index in [-0.39, 0.29) is 30.1 Å². The van der Waals surface area contributed by atoms with Gasteiger partial charge in [-0.05, 0) is 18.2 Å². The van der Waals surface area contributed by atoms with E-state index in [1.807, 2.05) is 24.3 Å². The molecule has 2 aliphatic heterocycles. The van der Waals surface area contributed by atoms with Gasteiger partial charge in [0.05, 0.1) is 5.92 Å². The third-order valence-electron chi connectivity index (χ3n) is 4.63. The van der Waals surface area contributed by atoms with Gasteiger partial charge in [0.25, 0.3) is 0 Å². The van der Waals surface area contributed by atoms with Crippen molar-refractivity contribution in [3.63, 3.8) is 0 Å². The van der Waals surface area contributed by atoms with Gasteiger partial charge in [-0.1, -0.05) is 22.0 Å². The molecule has 0 N–H and O–H groups in total. The summed E-state index contributed by atoms with van der Waals surface area (Å²) in [6.07, 6.45) is 0.248. The lowest BCUT2D eigenvalue weighted by Crippen LogP contribution is -2.51. The molecule has 1 aromatic carbocycles. The predicted molar refractivity (Wildman–Crippen MR) is 93.4 cm³/mol. The van der Waals surface area contributed by atoms with Crippen molar-refractivity contribution in [1.82, 2.24) is 9.80 Å². The summed E-state index contributed by atoms with van der Waals surface area (Å²) in [4.78, 5) is 41.6. The molecule has 0 bridgehead atoms. The lowest BCUT2D eigenvalue weighted by atomic mass is 10.1. The second kappa shape index (κ2) is 6.93. The van der Waals surface area contributed by atoms with Crippen LogP contribution in [-0.2, 0) is 14.4 Å². The van der Waals surface area contributed by atoms with Crippen molar-refractivity contribution in [1.29, 1.82) is 0 Å². The first kappa shape index (κ1) is 17.0. The Morgan fingerprint density at radius 1 is 1.12 bits per heavy atom. The Bertz CT molecular complexity index is 671. The van der Waals surface area contributed by atoms with Crippen molar-refractivity contribution in [2.45, 2.75) is 13.3 Å². The minimum Gasteiger partial charge on any atom is -0.339 e. The number of halogens is 1. The van der Waals surface area contributed by atoms with Crippen molar-refractivity contribution in [2.24, 2.45) is 5.92 Å². The van der Waals surface area contributed by atoms with Crippen LogP contribution in [0.2, 0.25) is 0 Å². The highest BCUT2D eigenvalue weighted by Gasteiger charge is 2.38. The molecule has 0 aliphatic carbocycles. The van der Waals surface area contributed by atoms with Crippen LogP contribution in [0.3, 0.4) is 0 Å². The Labute approximate surface area is 149 Å². The molecule has 6 nitrogen and oxygen atoms in total. The van der Waals surface area contributed by atoms with Crippen LogP contribution in [0.1, 0.15) is 13.3 Å². The topological polar surface area (TPSA) is 60.9 Å². The van der Waals surface area contributed by atoms with E-state index in [9.17, 15) is 14.4 Å². The van der Waals surface area contributed by atoms with Gasteiger partial charge >= 0.3 is 0 Å². The van der Waals surface area contributed by atoms with Crippen LogP contribution in [0.4, 0.5) is 5.69 Å². The summed E-state index contributed by atoms with van der Waals surface area (Å²) in [5.41, 5.74) is 0.811. The zero-order valence-electron chi connectivity index (χ0n) is 13.6. The largest absolute Gasteiger partial charge is 0.339 e. The Balaban J connectivity index is 1.63. The van der Waals surface area contributed by atoms with Gasteiger partial charge < -0.3 is 14.7 Å². The molecular weight excluding hydrogens is 374 g/mol. The summed E-state index contributed by atoms with van der Waals surface area (Å²) in [5, 5.41) is 0. The van der Waals surface area contributed by atoms with E-state index in [0.29, 0.717) is 32.7 Å². The van der Waals surface area contributed by atoms with Crippen molar-refractivity contribution in [3.05, 3.63) is 28.7 Å². The third-order valence-corrected chi connectivity index (χ3v) is 5.12. The Hall–Kier alpha value is -1.89. The summed E-state index contributed by atoms with van der Waals surface area (Å²) in [6.45, 7) is 4.18. The van der Waals surface area contributed by atoms with Gasteiger partial charge in [0.15, 0.2) is 0 Å². The Kier molecular flexibility index (Phi) is 4.89. The number of carbonyl (C=O) groups excluding carboxylic acids is 3.